The maximum atomic E-state index is 13.0. The quantitative estimate of drug-likeness (QED) is 0.675. The molecule has 0 spiro atoms. The van der Waals surface area contributed by atoms with Gasteiger partial charge in [-0.25, -0.2) is 4.39 Å². The Morgan fingerprint density at radius 2 is 2.00 bits per heavy atom. The van der Waals surface area contributed by atoms with Crippen LogP contribution in [-0.2, 0) is 6.42 Å². The van der Waals surface area contributed by atoms with Crippen LogP contribution in [0, 0.1) is 11.7 Å². The summed E-state index contributed by atoms with van der Waals surface area (Å²) in [4.78, 5) is 14.8. The molecule has 1 fully saturated rings. The van der Waals surface area contributed by atoms with Crippen LogP contribution in [0.5, 0.6) is 5.75 Å². The molecule has 5 nitrogen and oxygen atoms in total. The largest absolute Gasteiger partial charge is 0.507 e. The third-order valence-corrected chi connectivity index (χ3v) is 5.55. The summed E-state index contributed by atoms with van der Waals surface area (Å²) in [6, 6.07) is 15.3. The molecule has 4 rings (SSSR count). The van der Waals surface area contributed by atoms with E-state index in [0.29, 0.717) is 29.4 Å². The number of carbonyl (C=O) groups excluding carboxylic acids is 1. The predicted molar refractivity (Wildman–Crippen MR) is 109 cm³/mol. The second kappa shape index (κ2) is 8.47. The molecular weight excluding hydrogens is 369 g/mol. The number of para-hydroxylation sites is 1. The molecule has 1 saturated heterocycles. The molecule has 1 aromatic heterocycles. The highest BCUT2D eigenvalue weighted by molar-refractivity contribution is 5.93. The number of rotatable bonds is 5. The molecule has 1 aliphatic heterocycles. The van der Waals surface area contributed by atoms with Gasteiger partial charge in [-0.2, -0.15) is 5.10 Å². The number of nitrogens with one attached hydrogen (secondary N) is 1. The monoisotopic (exact) mass is 393 g/mol. The predicted octanol–water partition coefficient (Wildman–Crippen LogP) is 4.41. The van der Waals surface area contributed by atoms with Crippen molar-refractivity contribution in [2.75, 3.05) is 13.1 Å². The molecule has 1 aliphatic rings. The highest BCUT2D eigenvalue weighted by Crippen LogP contribution is 2.28. The van der Waals surface area contributed by atoms with E-state index in [1.165, 1.54) is 12.1 Å². The topological polar surface area (TPSA) is 69.2 Å². The van der Waals surface area contributed by atoms with Gasteiger partial charge < -0.3 is 10.0 Å². The fourth-order valence-electron chi connectivity index (χ4n) is 3.94. The van der Waals surface area contributed by atoms with E-state index in [0.717, 1.165) is 37.8 Å². The molecule has 2 aromatic carbocycles. The molecular formula is C23H24FN3O2. The van der Waals surface area contributed by atoms with E-state index in [1.54, 1.807) is 24.3 Å². The van der Waals surface area contributed by atoms with E-state index in [9.17, 15) is 14.3 Å². The second-order valence-corrected chi connectivity index (χ2v) is 7.61. The number of aryl methyl sites for hydroxylation is 1. The summed E-state index contributed by atoms with van der Waals surface area (Å²) < 4.78 is 13.0. The fourth-order valence-corrected chi connectivity index (χ4v) is 3.94. The lowest BCUT2D eigenvalue weighted by Crippen LogP contribution is -2.40. The average molecular weight is 393 g/mol. The maximum absolute atomic E-state index is 13.0. The van der Waals surface area contributed by atoms with E-state index >= 15 is 0 Å². The van der Waals surface area contributed by atoms with Gasteiger partial charge in [0.1, 0.15) is 17.3 Å². The van der Waals surface area contributed by atoms with Crippen molar-refractivity contribution in [1.29, 1.82) is 0 Å². The van der Waals surface area contributed by atoms with Gasteiger partial charge in [-0.3, -0.25) is 9.89 Å². The van der Waals surface area contributed by atoms with Crippen molar-refractivity contribution in [2.45, 2.75) is 25.7 Å². The molecule has 1 atom stereocenters. The molecule has 1 amide bonds. The summed E-state index contributed by atoms with van der Waals surface area (Å²) >= 11 is 0. The van der Waals surface area contributed by atoms with Crippen molar-refractivity contribution in [3.63, 3.8) is 0 Å². The van der Waals surface area contributed by atoms with Crippen LogP contribution in [0.25, 0.3) is 11.3 Å². The number of nitrogens with zero attached hydrogens (tertiary/aromatic N) is 2. The summed E-state index contributed by atoms with van der Waals surface area (Å²) in [6.07, 6.45) is 3.92. The van der Waals surface area contributed by atoms with E-state index < -0.39 is 0 Å². The number of hydrogen-bond donors (Lipinski definition) is 2. The molecule has 2 N–H and O–H groups in total. The number of aromatic nitrogens is 2. The molecule has 0 saturated carbocycles. The number of benzene rings is 2. The lowest BCUT2D eigenvalue weighted by molar-refractivity contribution is 0.0662. The van der Waals surface area contributed by atoms with Gasteiger partial charge in [0.15, 0.2) is 0 Å². The first-order valence-electron chi connectivity index (χ1n) is 9.97. The number of piperidine rings is 1. The van der Waals surface area contributed by atoms with Gasteiger partial charge in [0.25, 0.3) is 5.91 Å². The molecule has 150 valence electrons. The Morgan fingerprint density at radius 1 is 1.21 bits per heavy atom. The number of carbonyl (C=O) groups is 1. The SMILES string of the molecule is O=C(c1cc(-c2ccccc2O)n[nH]1)N1CCCC(CCc2ccc(F)cc2)C1. The molecule has 0 aliphatic carbocycles. The standard InChI is InChI=1S/C23H24FN3O2/c24-18-11-9-16(10-12-18)7-8-17-4-3-13-27(15-17)23(29)21-14-20(25-26-21)19-5-1-2-6-22(19)28/h1-2,5-6,9-12,14,17,28H,3-4,7-8,13,15H2,(H,25,26). The number of aromatic hydroxyl groups is 1. The van der Waals surface area contributed by atoms with Gasteiger partial charge in [0, 0.05) is 18.7 Å². The third-order valence-electron chi connectivity index (χ3n) is 5.55. The zero-order valence-electron chi connectivity index (χ0n) is 16.1. The smallest absolute Gasteiger partial charge is 0.271 e. The average Bonchev–Trinajstić information content (AvgIpc) is 3.23. The zero-order chi connectivity index (χ0) is 20.2. The minimum Gasteiger partial charge on any atom is -0.507 e. The van der Waals surface area contributed by atoms with Crippen LogP contribution in [0.4, 0.5) is 4.39 Å². The minimum atomic E-state index is -0.217. The lowest BCUT2D eigenvalue weighted by atomic mass is 9.91. The van der Waals surface area contributed by atoms with Crippen molar-refractivity contribution >= 4 is 5.91 Å². The first kappa shape index (κ1) is 19.2. The summed E-state index contributed by atoms with van der Waals surface area (Å²) in [5.74, 6) is 0.284. The third kappa shape index (κ3) is 4.47. The Morgan fingerprint density at radius 3 is 2.79 bits per heavy atom. The molecule has 6 heteroatoms. The maximum Gasteiger partial charge on any atom is 0.271 e. The Bertz CT molecular complexity index is 984. The number of aromatic amines is 1. The number of phenols is 1. The summed E-state index contributed by atoms with van der Waals surface area (Å²) in [6.45, 7) is 1.45. The number of hydrogen-bond acceptors (Lipinski definition) is 3. The number of H-pyrrole nitrogens is 1. The van der Waals surface area contributed by atoms with E-state index in [2.05, 4.69) is 10.2 Å². The van der Waals surface area contributed by atoms with E-state index in [1.807, 2.05) is 23.1 Å². The fraction of sp³-hybridized carbons (Fsp3) is 0.304. The van der Waals surface area contributed by atoms with Crippen LogP contribution in [0.1, 0.15) is 35.3 Å². The van der Waals surface area contributed by atoms with Gasteiger partial charge >= 0.3 is 0 Å². The van der Waals surface area contributed by atoms with Gasteiger partial charge in [-0.15, -0.1) is 0 Å². The molecule has 2 heterocycles. The number of amides is 1. The van der Waals surface area contributed by atoms with Gasteiger partial charge in [-0.1, -0.05) is 24.3 Å². The van der Waals surface area contributed by atoms with Crippen molar-refractivity contribution in [1.82, 2.24) is 15.1 Å². The summed E-state index contributed by atoms with van der Waals surface area (Å²) in [5.41, 5.74) is 2.70. The zero-order valence-corrected chi connectivity index (χ0v) is 16.1. The molecule has 29 heavy (non-hydrogen) atoms. The summed E-state index contributed by atoms with van der Waals surface area (Å²) in [7, 11) is 0. The highest BCUT2D eigenvalue weighted by Gasteiger charge is 2.25. The Kier molecular flexibility index (Phi) is 5.60. The molecule has 0 bridgehead atoms. The van der Waals surface area contributed by atoms with Gasteiger partial charge in [0.05, 0.1) is 5.69 Å². The highest BCUT2D eigenvalue weighted by atomic mass is 19.1. The minimum absolute atomic E-state index is 0.0642. The Labute approximate surface area is 169 Å². The second-order valence-electron chi connectivity index (χ2n) is 7.61. The van der Waals surface area contributed by atoms with Crippen molar-refractivity contribution in [3.8, 4) is 17.0 Å². The van der Waals surface area contributed by atoms with E-state index in [-0.39, 0.29) is 17.5 Å². The molecule has 3 aromatic rings. The van der Waals surface area contributed by atoms with Crippen molar-refractivity contribution < 1.29 is 14.3 Å². The number of halogens is 1. The van der Waals surface area contributed by atoms with Crippen LogP contribution in [0.15, 0.2) is 54.6 Å². The van der Waals surface area contributed by atoms with Gasteiger partial charge in [-0.05, 0) is 67.5 Å². The first-order valence-corrected chi connectivity index (χ1v) is 9.97. The van der Waals surface area contributed by atoms with Crippen LogP contribution >= 0.6 is 0 Å². The van der Waals surface area contributed by atoms with Crippen LogP contribution < -0.4 is 0 Å². The van der Waals surface area contributed by atoms with Crippen LogP contribution in [-0.4, -0.2) is 39.2 Å². The van der Waals surface area contributed by atoms with Crippen LogP contribution in [0.2, 0.25) is 0 Å². The summed E-state index contributed by atoms with van der Waals surface area (Å²) in [5, 5.41) is 17.0. The van der Waals surface area contributed by atoms with E-state index in [4.69, 9.17) is 0 Å². The van der Waals surface area contributed by atoms with Crippen molar-refractivity contribution in [2.24, 2.45) is 5.92 Å². The lowest BCUT2D eigenvalue weighted by Gasteiger charge is -2.32. The first-order chi connectivity index (χ1) is 14.1. The van der Waals surface area contributed by atoms with Crippen molar-refractivity contribution in [3.05, 3.63) is 71.7 Å². The molecule has 1 unspecified atom stereocenters. The Hall–Kier alpha value is -3.15. The van der Waals surface area contributed by atoms with Gasteiger partial charge in [0.2, 0.25) is 0 Å². The normalized spacial score (nSPS) is 16.7. The number of phenolic OH excluding ortho intramolecular Hbond substituents is 1. The van der Waals surface area contributed by atoms with Crippen LogP contribution in [0.3, 0.4) is 0 Å². The Balaban J connectivity index is 1.38. The molecule has 0 radical (unpaired) electrons. The number of likely N-dealkylation sites (tertiary alicyclic amines) is 1.